The van der Waals surface area contributed by atoms with Gasteiger partial charge in [-0.25, -0.2) is 4.98 Å². The third-order valence-electron chi connectivity index (χ3n) is 5.02. The number of likely N-dealkylation sites (tertiary alicyclic amines) is 1. The number of anilines is 1. The van der Waals surface area contributed by atoms with Crippen molar-refractivity contribution in [1.82, 2.24) is 9.88 Å². The first-order valence-corrected chi connectivity index (χ1v) is 10.0. The zero-order valence-corrected chi connectivity index (χ0v) is 17.0. The van der Waals surface area contributed by atoms with Gasteiger partial charge in [0.25, 0.3) is 11.8 Å². The molecular formula is C20H19Cl2N3O4. The molecule has 2 aromatic rings. The highest BCUT2D eigenvalue weighted by molar-refractivity contribution is 6.33. The van der Waals surface area contributed by atoms with Crippen molar-refractivity contribution in [3.8, 4) is 11.5 Å². The molecule has 1 aromatic heterocycles. The number of fused-ring (bicyclic) bond motifs is 1. The molecule has 7 nitrogen and oxygen atoms in total. The Balaban J connectivity index is 1.32. The Bertz CT molecular complexity index is 945. The van der Waals surface area contributed by atoms with Crippen LogP contribution in [0.1, 0.15) is 23.2 Å². The van der Waals surface area contributed by atoms with E-state index in [1.54, 1.807) is 24.3 Å². The fraction of sp³-hybridized carbons (Fsp3) is 0.350. The van der Waals surface area contributed by atoms with Crippen LogP contribution < -0.4 is 14.8 Å². The molecule has 0 bridgehead atoms. The minimum atomic E-state index is -0.224. The van der Waals surface area contributed by atoms with Crippen molar-refractivity contribution in [2.75, 3.05) is 31.6 Å². The van der Waals surface area contributed by atoms with Crippen molar-refractivity contribution in [2.24, 2.45) is 5.92 Å². The SMILES string of the molecule is O=C1COc2ccc(C(=O)N3CCC(COc4cc(Cl)ncc4Cl)CC3)cc2N1. The van der Waals surface area contributed by atoms with Gasteiger partial charge in [-0.05, 0) is 37.0 Å². The third-order valence-corrected chi connectivity index (χ3v) is 5.51. The zero-order valence-electron chi connectivity index (χ0n) is 15.5. The summed E-state index contributed by atoms with van der Waals surface area (Å²) in [5, 5.41) is 3.48. The van der Waals surface area contributed by atoms with E-state index in [0.29, 0.717) is 58.5 Å². The Morgan fingerprint density at radius 2 is 2.07 bits per heavy atom. The number of nitrogens with one attached hydrogen (secondary N) is 1. The highest BCUT2D eigenvalue weighted by Gasteiger charge is 2.26. The van der Waals surface area contributed by atoms with Crippen LogP contribution in [0.4, 0.5) is 5.69 Å². The van der Waals surface area contributed by atoms with Crippen molar-refractivity contribution in [2.45, 2.75) is 12.8 Å². The minimum Gasteiger partial charge on any atom is -0.492 e. The van der Waals surface area contributed by atoms with Gasteiger partial charge >= 0.3 is 0 Å². The number of carbonyl (C=O) groups is 2. The fourth-order valence-electron chi connectivity index (χ4n) is 3.42. The predicted octanol–water partition coefficient (Wildman–Crippen LogP) is 3.65. The highest BCUT2D eigenvalue weighted by Crippen LogP contribution is 2.30. The maximum absolute atomic E-state index is 12.8. The summed E-state index contributed by atoms with van der Waals surface area (Å²) in [5.41, 5.74) is 1.06. The van der Waals surface area contributed by atoms with Gasteiger partial charge < -0.3 is 19.7 Å². The second-order valence-electron chi connectivity index (χ2n) is 7.03. The van der Waals surface area contributed by atoms with Crippen LogP contribution in [0.25, 0.3) is 0 Å². The van der Waals surface area contributed by atoms with Gasteiger partial charge in [0.05, 0.1) is 18.5 Å². The lowest BCUT2D eigenvalue weighted by atomic mass is 9.97. The third kappa shape index (κ3) is 4.57. The van der Waals surface area contributed by atoms with Gasteiger partial charge in [-0.2, -0.15) is 0 Å². The predicted molar refractivity (Wildman–Crippen MR) is 109 cm³/mol. The van der Waals surface area contributed by atoms with Gasteiger partial charge in [0.1, 0.15) is 21.7 Å². The van der Waals surface area contributed by atoms with E-state index in [-0.39, 0.29) is 18.4 Å². The number of nitrogens with zero attached hydrogens (tertiary/aromatic N) is 2. The fourth-order valence-corrected chi connectivity index (χ4v) is 3.72. The second kappa shape index (κ2) is 8.47. The number of benzene rings is 1. The number of carbonyl (C=O) groups excluding carboxylic acids is 2. The Labute approximate surface area is 177 Å². The summed E-state index contributed by atoms with van der Waals surface area (Å²) in [7, 11) is 0. The molecular weight excluding hydrogens is 417 g/mol. The molecule has 1 fully saturated rings. The van der Waals surface area contributed by atoms with Crippen molar-refractivity contribution >= 4 is 40.7 Å². The number of ether oxygens (including phenoxy) is 2. The van der Waals surface area contributed by atoms with E-state index in [2.05, 4.69) is 10.3 Å². The monoisotopic (exact) mass is 435 g/mol. The number of halogens is 2. The van der Waals surface area contributed by atoms with Crippen molar-refractivity contribution in [3.05, 3.63) is 46.2 Å². The molecule has 1 saturated heterocycles. The lowest BCUT2D eigenvalue weighted by molar-refractivity contribution is -0.118. The molecule has 4 rings (SSSR count). The molecule has 2 amide bonds. The average molecular weight is 436 g/mol. The lowest BCUT2D eigenvalue weighted by Gasteiger charge is -2.32. The van der Waals surface area contributed by atoms with Crippen LogP contribution in [0.2, 0.25) is 10.2 Å². The number of piperidine rings is 1. The van der Waals surface area contributed by atoms with Gasteiger partial charge in [0, 0.05) is 24.7 Å². The summed E-state index contributed by atoms with van der Waals surface area (Å²) < 4.78 is 11.1. The summed E-state index contributed by atoms with van der Waals surface area (Å²) in [6.45, 7) is 1.77. The molecule has 0 spiro atoms. The minimum absolute atomic E-state index is 0.00715. The largest absolute Gasteiger partial charge is 0.492 e. The Morgan fingerprint density at radius 1 is 1.28 bits per heavy atom. The summed E-state index contributed by atoms with van der Waals surface area (Å²) in [6, 6.07) is 6.70. The molecule has 2 aliphatic heterocycles. The molecule has 3 heterocycles. The molecule has 0 atom stereocenters. The normalized spacial score (nSPS) is 16.6. The lowest BCUT2D eigenvalue weighted by Crippen LogP contribution is -2.39. The van der Waals surface area contributed by atoms with Crippen LogP contribution in [0.15, 0.2) is 30.5 Å². The molecule has 9 heteroatoms. The molecule has 152 valence electrons. The smallest absolute Gasteiger partial charge is 0.262 e. The zero-order chi connectivity index (χ0) is 20.4. The Morgan fingerprint density at radius 3 is 2.86 bits per heavy atom. The summed E-state index contributed by atoms with van der Waals surface area (Å²) in [4.78, 5) is 30.0. The van der Waals surface area contributed by atoms with Crippen LogP contribution >= 0.6 is 23.2 Å². The van der Waals surface area contributed by atoms with Crippen LogP contribution in [-0.4, -0.2) is 48.0 Å². The van der Waals surface area contributed by atoms with Crippen LogP contribution in [0.5, 0.6) is 11.5 Å². The van der Waals surface area contributed by atoms with E-state index in [9.17, 15) is 9.59 Å². The van der Waals surface area contributed by atoms with Crippen LogP contribution in [-0.2, 0) is 4.79 Å². The Kier molecular flexibility index (Phi) is 5.78. The van der Waals surface area contributed by atoms with Crippen LogP contribution in [0, 0.1) is 5.92 Å². The first kappa shape index (κ1) is 19.8. The number of hydrogen-bond donors (Lipinski definition) is 1. The summed E-state index contributed by atoms with van der Waals surface area (Å²) in [6.07, 6.45) is 3.12. The van der Waals surface area contributed by atoms with E-state index in [1.165, 1.54) is 6.20 Å². The summed E-state index contributed by atoms with van der Waals surface area (Å²) in [5.74, 6) is 1.13. The molecule has 0 unspecified atom stereocenters. The number of hydrogen-bond acceptors (Lipinski definition) is 5. The molecule has 0 aliphatic carbocycles. The number of amides is 2. The maximum Gasteiger partial charge on any atom is 0.262 e. The van der Waals surface area contributed by atoms with Gasteiger partial charge in [-0.15, -0.1) is 0 Å². The standard InChI is InChI=1S/C20H19Cl2N3O4/c21-14-9-23-18(22)8-17(14)28-10-12-3-5-25(6-4-12)20(27)13-1-2-16-15(7-13)24-19(26)11-29-16/h1-2,7-9,12H,3-6,10-11H2,(H,24,26). The number of pyridine rings is 1. The van der Waals surface area contributed by atoms with Crippen molar-refractivity contribution in [3.63, 3.8) is 0 Å². The molecule has 29 heavy (non-hydrogen) atoms. The van der Waals surface area contributed by atoms with E-state index >= 15 is 0 Å². The molecule has 2 aliphatic rings. The number of rotatable bonds is 4. The summed E-state index contributed by atoms with van der Waals surface area (Å²) >= 11 is 11.9. The molecule has 1 N–H and O–H groups in total. The van der Waals surface area contributed by atoms with Crippen molar-refractivity contribution in [1.29, 1.82) is 0 Å². The first-order valence-electron chi connectivity index (χ1n) is 9.29. The Hall–Kier alpha value is -2.51. The topological polar surface area (TPSA) is 80.8 Å². The maximum atomic E-state index is 12.8. The first-order chi connectivity index (χ1) is 14.0. The van der Waals surface area contributed by atoms with Gasteiger partial charge in [-0.3, -0.25) is 9.59 Å². The van der Waals surface area contributed by atoms with E-state index in [1.807, 2.05) is 4.90 Å². The van der Waals surface area contributed by atoms with E-state index in [4.69, 9.17) is 32.7 Å². The highest BCUT2D eigenvalue weighted by atomic mass is 35.5. The molecule has 0 radical (unpaired) electrons. The van der Waals surface area contributed by atoms with Crippen molar-refractivity contribution < 1.29 is 19.1 Å². The van der Waals surface area contributed by atoms with E-state index < -0.39 is 0 Å². The number of aromatic nitrogens is 1. The quantitative estimate of drug-likeness (QED) is 0.741. The molecule has 0 saturated carbocycles. The van der Waals surface area contributed by atoms with Gasteiger partial charge in [0.15, 0.2) is 6.61 Å². The van der Waals surface area contributed by atoms with Gasteiger partial charge in [-0.1, -0.05) is 23.2 Å². The molecule has 1 aromatic carbocycles. The van der Waals surface area contributed by atoms with Gasteiger partial charge in [0.2, 0.25) is 0 Å². The second-order valence-corrected chi connectivity index (χ2v) is 7.83. The van der Waals surface area contributed by atoms with E-state index in [0.717, 1.165) is 12.8 Å². The van der Waals surface area contributed by atoms with Crippen LogP contribution in [0.3, 0.4) is 0 Å². The average Bonchev–Trinajstić information content (AvgIpc) is 2.73.